The average molecular weight is 199 g/mol. The number of hydrogen-bond acceptors (Lipinski definition) is 3. The molecule has 4 heteroatoms. The Bertz CT molecular complexity index is 317. The summed E-state index contributed by atoms with van der Waals surface area (Å²) in [5.41, 5.74) is 6.41. The maximum absolute atomic E-state index is 12.9. The third-order valence-electron chi connectivity index (χ3n) is 2.14. The fourth-order valence-electron chi connectivity index (χ4n) is 1.20. The van der Waals surface area contributed by atoms with Crippen molar-refractivity contribution in [1.82, 2.24) is 0 Å². The molecule has 1 rings (SSSR count). The van der Waals surface area contributed by atoms with Crippen LogP contribution in [0.15, 0.2) is 18.2 Å². The van der Waals surface area contributed by atoms with Gasteiger partial charge in [-0.3, -0.25) is 0 Å². The van der Waals surface area contributed by atoms with Crippen LogP contribution in [-0.2, 0) is 0 Å². The van der Waals surface area contributed by atoms with Crippen LogP contribution in [0.5, 0.6) is 0 Å². The van der Waals surface area contributed by atoms with Gasteiger partial charge in [-0.05, 0) is 24.1 Å². The second-order valence-electron chi connectivity index (χ2n) is 3.30. The number of benzene rings is 1. The zero-order chi connectivity index (χ0) is 10.7. The summed E-state index contributed by atoms with van der Waals surface area (Å²) in [6.45, 7) is 1.30. The molecule has 0 fully saturated rings. The first-order chi connectivity index (χ1) is 6.56. The van der Waals surface area contributed by atoms with Gasteiger partial charge in [-0.2, -0.15) is 0 Å². The van der Waals surface area contributed by atoms with Gasteiger partial charge in [0.25, 0.3) is 0 Å². The molecule has 0 radical (unpaired) electrons. The van der Waals surface area contributed by atoms with Crippen molar-refractivity contribution in [3.63, 3.8) is 0 Å². The number of halogens is 1. The van der Waals surface area contributed by atoms with E-state index < -0.39 is 12.1 Å². The van der Waals surface area contributed by atoms with E-state index in [1.165, 1.54) is 18.2 Å². The van der Waals surface area contributed by atoms with Crippen molar-refractivity contribution in [2.24, 2.45) is 5.73 Å². The zero-order valence-electron chi connectivity index (χ0n) is 7.94. The van der Waals surface area contributed by atoms with Gasteiger partial charge in [0.05, 0.1) is 18.8 Å². The molecule has 1 aromatic rings. The molecule has 0 bridgehead atoms. The second-order valence-corrected chi connectivity index (χ2v) is 3.30. The van der Waals surface area contributed by atoms with Gasteiger partial charge in [0, 0.05) is 0 Å². The standard InChI is InChI=1S/C10H14FNO2/c1-6-4-7(2-3-8(6)11)10(14)9(12)5-13/h2-4,9-10,13-14H,5,12H2,1H3. The number of aliphatic hydroxyl groups is 2. The summed E-state index contributed by atoms with van der Waals surface area (Å²) in [4.78, 5) is 0. The lowest BCUT2D eigenvalue weighted by atomic mass is 10.0. The minimum absolute atomic E-state index is 0.308. The van der Waals surface area contributed by atoms with Crippen LogP contribution in [0, 0.1) is 12.7 Å². The molecule has 3 nitrogen and oxygen atoms in total. The lowest BCUT2D eigenvalue weighted by Crippen LogP contribution is -2.31. The summed E-state index contributed by atoms with van der Waals surface area (Å²) in [5, 5.41) is 18.3. The summed E-state index contributed by atoms with van der Waals surface area (Å²) in [6.07, 6.45) is -0.959. The van der Waals surface area contributed by atoms with Crippen LogP contribution in [0.1, 0.15) is 17.2 Å². The van der Waals surface area contributed by atoms with Crippen molar-refractivity contribution >= 4 is 0 Å². The summed E-state index contributed by atoms with van der Waals surface area (Å²) in [7, 11) is 0. The summed E-state index contributed by atoms with van der Waals surface area (Å²) in [6, 6.07) is 3.52. The minimum Gasteiger partial charge on any atom is -0.395 e. The van der Waals surface area contributed by atoms with E-state index in [2.05, 4.69) is 0 Å². The molecular formula is C10H14FNO2. The van der Waals surface area contributed by atoms with Crippen LogP contribution in [0.25, 0.3) is 0 Å². The Kier molecular flexibility index (Phi) is 3.57. The van der Waals surface area contributed by atoms with E-state index >= 15 is 0 Å². The highest BCUT2D eigenvalue weighted by atomic mass is 19.1. The molecule has 2 unspecified atom stereocenters. The molecule has 0 amide bonds. The van der Waals surface area contributed by atoms with Crippen molar-refractivity contribution in [1.29, 1.82) is 0 Å². The number of hydrogen-bond donors (Lipinski definition) is 3. The van der Waals surface area contributed by atoms with E-state index in [1.807, 2.05) is 0 Å². The Labute approximate surface area is 82.0 Å². The monoisotopic (exact) mass is 199 g/mol. The topological polar surface area (TPSA) is 66.5 Å². The smallest absolute Gasteiger partial charge is 0.126 e. The molecule has 4 N–H and O–H groups in total. The van der Waals surface area contributed by atoms with Crippen LogP contribution < -0.4 is 5.73 Å². The fourth-order valence-corrected chi connectivity index (χ4v) is 1.20. The first-order valence-electron chi connectivity index (χ1n) is 4.37. The van der Waals surface area contributed by atoms with E-state index in [4.69, 9.17) is 10.8 Å². The van der Waals surface area contributed by atoms with Gasteiger partial charge in [0.1, 0.15) is 5.82 Å². The molecule has 78 valence electrons. The maximum Gasteiger partial charge on any atom is 0.126 e. The molecule has 0 aliphatic heterocycles. The minimum atomic E-state index is -0.959. The molecule has 1 aromatic carbocycles. The summed E-state index contributed by atoms with van der Waals surface area (Å²) in [5.74, 6) is -0.321. The molecule has 0 saturated carbocycles. The van der Waals surface area contributed by atoms with Gasteiger partial charge >= 0.3 is 0 Å². The van der Waals surface area contributed by atoms with Gasteiger partial charge in [0.2, 0.25) is 0 Å². The Morgan fingerprint density at radius 3 is 2.64 bits per heavy atom. The molecule has 2 atom stereocenters. The SMILES string of the molecule is Cc1cc(C(O)C(N)CO)ccc1F. The molecule has 0 heterocycles. The van der Waals surface area contributed by atoms with E-state index in [0.29, 0.717) is 11.1 Å². The lowest BCUT2D eigenvalue weighted by Gasteiger charge is -2.17. The molecule has 0 spiro atoms. The Hall–Kier alpha value is -0.970. The fraction of sp³-hybridized carbons (Fsp3) is 0.400. The Morgan fingerprint density at radius 2 is 2.14 bits per heavy atom. The molecule has 0 aromatic heterocycles. The van der Waals surface area contributed by atoms with Crippen molar-refractivity contribution in [2.45, 2.75) is 19.1 Å². The van der Waals surface area contributed by atoms with E-state index in [1.54, 1.807) is 6.92 Å². The largest absolute Gasteiger partial charge is 0.395 e. The van der Waals surface area contributed by atoms with Gasteiger partial charge in [-0.15, -0.1) is 0 Å². The third kappa shape index (κ3) is 2.29. The van der Waals surface area contributed by atoms with E-state index in [9.17, 15) is 9.50 Å². The average Bonchev–Trinajstić information content (AvgIpc) is 2.20. The highest BCUT2D eigenvalue weighted by molar-refractivity contribution is 5.26. The van der Waals surface area contributed by atoms with E-state index in [-0.39, 0.29) is 12.4 Å². The molecule has 0 aliphatic rings. The number of rotatable bonds is 3. The van der Waals surface area contributed by atoms with Gasteiger partial charge < -0.3 is 15.9 Å². The maximum atomic E-state index is 12.9. The molecule has 0 saturated heterocycles. The van der Waals surface area contributed by atoms with Crippen molar-refractivity contribution < 1.29 is 14.6 Å². The highest BCUT2D eigenvalue weighted by Crippen LogP contribution is 2.18. The van der Waals surface area contributed by atoms with Gasteiger partial charge in [-0.1, -0.05) is 12.1 Å². The van der Waals surface area contributed by atoms with Crippen LogP contribution in [0.4, 0.5) is 4.39 Å². The Balaban J connectivity index is 2.91. The van der Waals surface area contributed by atoms with Gasteiger partial charge in [-0.25, -0.2) is 4.39 Å². The lowest BCUT2D eigenvalue weighted by molar-refractivity contribution is 0.109. The number of aliphatic hydroxyl groups excluding tert-OH is 2. The highest BCUT2D eigenvalue weighted by Gasteiger charge is 2.16. The zero-order valence-corrected chi connectivity index (χ0v) is 7.94. The van der Waals surface area contributed by atoms with Gasteiger partial charge in [0.15, 0.2) is 0 Å². The van der Waals surface area contributed by atoms with Crippen LogP contribution >= 0.6 is 0 Å². The third-order valence-corrected chi connectivity index (χ3v) is 2.14. The molecule has 14 heavy (non-hydrogen) atoms. The summed E-state index contributed by atoms with van der Waals surface area (Å²) >= 11 is 0. The van der Waals surface area contributed by atoms with Crippen LogP contribution in [-0.4, -0.2) is 22.9 Å². The molecule has 0 aliphatic carbocycles. The quantitative estimate of drug-likeness (QED) is 0.663. The van der Waals surface area contributed by atoms with Crippen molar-refractivity contribution in [2.75, 3.05) is 6.61 Å². The molecular weight excluding hydrogens is 185 g/mol. The second kappa shape index (κ2) is 4.50. The van der Waals surface area contributed by atoms with E-state index in [0.717, 1.165) is 0 Å². The number of aryl methyl sites for hydroxylation is 1. The predicted molar refractivity (Wildman–Crippen MR) is 51.2 cm³/mol. The first-order valence-corrected chi connectivity index (χ1v) is 4.37. The normalized spacial score (nSPS) is 15.2. The number of nitrogens with two attached hydrogens (primary N) is 1. The predicted octanol–water partition coefficient (Wildman–Crippen LogP) is 0.487. The summed E-state index contributed by atoms with van der Waals surface area (Å²) < 4.78 is 12.9. The van der Waals surface area contributed by atoms with Crippen LogP contribution in [0.2, 0.25) is 0 Å². The van der Waals surface area contributed by atoms with Crippen LogP contribution in [0.3, 0.4) is 0 Å². The Morgan fingerprint density at radius 1 is 1.50 bits per heavy atom. The van der Waals surface area contributed by atoms with Crippen molar-refractivity contribution in [3.05, 3.63) is 35.1 Å². The van der Waals surface area contributed by atoms with Crippen molar-refractivity contribution in [3.8, 4) is 0 Å². The first kappa shape index (κ1) is 11.1.